The number of halogens is 2. The van der Waals surface area contributed by atoms with Crippen molar-refractivity contribution < 1.29 is 32.6 Å². The highest BCUT2D eigenvalue weighted by atomic mass is 19.1. The molecule has 0 bridgehead atoms. The number of carbonyl (C=O) groups is 3. The Balaban J connectivity index is 1.47. The van der Waals surface area contributed by atoms with Gasteiger partial charge >= 0.3 is 0 Å². The van der Waals surface area contributed by atoms with E-state index < -0.39 is 23.6 Å². The van der Waals surface area contributed by atoms with E-state index in [2.05, 4.69) is 10.6 Å². The topological polar surface area (TPSA) is 97.0 Å². The van der Waals surface area contributed by atoms with Crippen molar-refractivity contribution in [2.24, 2.45) is 0 Å². The number of likely N-dealkylation sites (N-methyl/N-ethyl adjacent to an activating group) is 1. The van der Waals surface area contributed by atoms with Crippen molar-refractivity contribution in [3.05, 3.63) is 59.2 Å². The lowest BCUT2D eigenvalue weighted by Gasteiger charge is -2.42. The summed E-state index contributed by atoms with van der Waals surface area (Å²) < 4.78 is 39.1. The normalized spacial score (nSPS) is 21.4. The summed E-state index contributed by atoms with van der Waals surface area (Å²) in [5.74, 6) is -2.48. The van der Waals surface area contributed by atoms with E-state index in [-0.39, 0.29) is 53.8 Å². The molecule has 2 aliphatic rings. The zero-order chi connectivity index (χ0) is 25.8. The predicted molar refractivity (Wildman–Crippen MR) is 128 cm³/mol. The zero-order valence-corrected chi connectivity index (χ0v) is 20.2. The van der Waals surface area contributed by atoms with Crippen molar-refractivity contribution in [3.8, 4) is 5.75 Å². The molecule has 0 aromatic heterocycles. The van der Waals surface area contributed by atoms with Crippen LogP contribution in [0.5, 0.6) is 5.75 Å². The van der Waals surface area contributed by atoms with Gasteiger partial charge in [-0.2, -0.15) is 0 Å². The molecule has 4 rings (SSSR count). The number of amides is 3. The highest BCUT2D eigenvalue weighted by Gasteiger charge is 2.39. The molecule has 3 atom stereocenters. The largest absolute Gasteiger partial charge is 0.490 e. The van der Waals surface area contributed by atoms with Crippen LogP contribution in [0.4, 0.5) is 14.5 Å². The van der Waals surface area contributed by atoms with Gasteiger partial charge < -0.3 is 25.0 Å². The second-order valence-corrected chi connectivity index (χ2v) is 9.05. The number of rotatable bonds is 6. The van der Waals surface area contributed by atoms with Crippen molar-refractivity contribution >= 4 is 23.4 Å². The van der Waals surface area contributed by atoms with E-state index in [0.29, 0.717) is 31.2 Å². The molecule has 1 saturated heterocycles. The summed E-state index contributed by atoms with van der Waals surface area (Å²) in [6.45, 7) is 2.80. The average Bonchev–Trinajstić information content (AvgIpc) is 2.84. The van der Waals surface area contributed by atoms with Crippen LogP contribution >= 0.6 is 0 Å². The van der Waals surface area contributed by atoms with Gasteiger partial charge in [-0.15, -0.1) is 0 Å². The molecule has 0 unspecified atom stereocenters. The first-order valence-electron chi connectivity index (χ1n) is 12.0. The number of ether oxygens (including phenoxy) is 2. The maximum atomic E-state index is 13.5. The fourth-order valence-electron chi connectivity index (χ4n) is 4.54. The Morgan fingerprint density at radius 3 is 2.58 bits per heavy atom. The molecule has 3 amide bonds. The Labute approximate surface area is 207 Å². The van der Waals surface area contributed by atoms with Gasteiger partial charge in [0, 0.05) is 30.9 Å². The average molecular weight is 502 g/mol. The minimum atomic E-state index is -0.864. The highest BCUT2D eigenvalue weighted by molar-refractivity contribution is 6.05. The number of anilines is 1. The van der Waals surface area contributed by atoms with Gasteiger partial charge in [-0.1, -0.05) is 6.92 Å². The summed E-state index contributed by atoms with van der Waals surface area (Å²) in [4.78, 5) is 39.5. The standard InChI is InChI=1S/C26H29F2N3O5/c1-3-8-29-24(32)13-19-5-6-21-23(36-19)14-35-22-7-4-18(12-20(22)26(34)31(21)2)30-25(33)15-9-16(27)11-17(28)10-15/h4,7,9-12,19,21,23H,3,5-6,8,13-14H2,1-2H3,(H,29,32)(H,30,33)/t19-,21+,23+/m0/s1. The van der Waals surface area contributed by atoms with E-state index >= 15 is 0 Å². The van der Waals surface area contributed by atoms with Gasteiger partial charge in [-0.25, -0.2) is 8.78 Å². The van der Waals surface area contributed by atoms with Gasteiger partial charge in [-0.3, -0.25) is 14.4 Å². The lowest BCUT2D eigenvalue weighted by atomic mass is 9.94. The Bertz CT molecular complexity index is 1140. The number of hydrogen-bond acceptors (Lipinski definition) is 5. The zero-order valence-electron chi connectivity index (χ0n) is 20.2. The number of carbonyl (C=O) groups excluding carboxylic acids is 3. The lowest BCUT2D eigenvalue weighted by molar-refractivity contribution is -0.134. The maximum absolute atomic E-state index is 13.5. The van der Waals surface area contributed by atoms with E-state index in [1.54, 1.807) is 24.1 Å². The first-order chi connectivity index (χ1) is 17.2. The minimum Gasteiger partial charge on any atom is -0.490 e. The number of benzene rings is 2. The fraction of sp³-hybridized carbons (Fsp3) is 0.423. The Hall–Kier alpha value is -3.53. The molecule has 0 aliphatic carbocycles. The predicted octanol–water partition coefficient (Wildman–Crippen LogP) is 3.51. The molecular weight excluding hydrogens is 472 g/mol. The third kappa shape index (κ3) is 5.81. The molecule has 0 spiro atoms. The number of hydrogen-bond donors (Lipinski definition) is 2. The summed E-state index contributed by atoms with van der Waals surface area (Å²) in [6.07, 6.45) is 1.75. The van der Waals surface area contributed by atoms with E-state index in [0.717, 1.165) is 18.6 Å². The van der Waals surface area contributed by atoms with Crippen LogP contribution in [0.2, 0.25) is 0 Å². The summed E-state index contributed by atoms with van der Waals surface area (Å²) in [6, 6.07) is 6.87. The molecule has 2 aliphatic heterocycles. The van der Waals surface area contributed by atoms with Gasteiger partial charge in [0.2, 0.25) is 5.91 Å². The van der Waals surface area contributed by atoms with E-state index in [1.807, 2.05) is 6.92 Å². The SMILES string of the molecule is CCCNC(=O)C[C@@H]1CC[C@@H]2[C@@H](COc3ccc(NC(=O)c4cc(F)cc(F)c4)cc3C(=O)N2C)O1. The van der Waals surface area contributed by atoms with Crippen LogP contribution in [0.3, 0.4) is 0 Å². The van der Waals surface area contributed by atoms with Gasteiger partial charge in [0.05, 0.1) is 24.1 Å². The Kier molecular flexibility index (Phi) is 7.83. The second kappa shape index (κ2) is 11.0. The van der Waals surface area contributed by atoms with Crippen molar-refractivity contribution in [1.29, 1.82) is 0 Å². The maximum Gasteiger partial charge on any atom is 0.257 e. The molecule has 10 heteroatoms. The van der Waals surface area contributed by atoms with E-state index in [1.165, 1.54) is 6.07 Å². The van der Waals surface area contributed by atoms with Crippen molar-refractivity contribution in [3.63, 3.8) is 0 Å². The Morgan fingerprint density at radius 2 is 1.86 bits per heavy atom. The highest BCUT2D eigenvalue weighted by Crippen LogP contribution is 2.32. The summed E-state index contributed by atoms with van der Waals surface area (Å²) >= 11 is 0. The summed E-state index contributed by atoms with van der Waals surface area (Å²) in [5, 5.41) is 5.42. The van der Waals surface area contributed by atoms with E-state index in [9.17, 15) is 23.2 Å². The third-order valence-electron chi connectivity index (χ3n) is 6.38. The molecular formula is C26H29F2N3O5. The van der Waals surface area contributed by atoms with Crippen LogP contribution in [0.25, 0.3) is 0 Å². The monoisotopic (exact) mass is 501 g/mol. The Morgan fingerprint density at radius 1 is 1.11 bits per heavy atom. The lowest BCUT2D eigenvalue weighted by Crippen LogP contribution is -2.54. The van der Waals surface area contributed by atoms with Crippen LogP contribution in [0.15, 0.2) is 36.4 Å². The molecule has 8 nitrogen and oxygen atoms in total. The molecule has 2 aromatic carbocycles. The molecule has 2 heterocycles. The third-order valence-corrected chi connectivity index (χ3v) is 6.38. The second-order valence-electron chi connectivity index (χ2n) is 9.05. The molecule has 2 aromatic rings. The van der Waals surface area contributed by atoms with Crippen LogP contribution in [0.1, 0.15) is 53.3 Å². The van der Waals surface area contributed by atoms with Crippen molar-refractivity contribution in [2.45, 2.75) is 50.9 Å². The first-order valence-corrected chi connectivity index (χ1v) is 12.0. The minimum absolute atomic E-state index is 0.0580. The number of nitrogens with zero attached hydrogens (tertiary/aromatic N) is 1. The van der Waals surface area contributed by atoms with Gasteiger partial charge in [-0.05, 0) is 49.6 Å². The number of nitrogens with one attached hydrogen (secondary N) is 2. The van der Waals surface area contributed by atoms with Crippen molar-refractivity contribution in [1.82, 2.24) is 10.2 Å². The van der Waals surface area contributed by atoms with Crippen LogP contribution < -0.4 is 15.4 Å². The van der Waals surface area contributed by atoms with E-state index in [4.69, 9.17) is 9.47 Å². The quantitative estimate of drug-likeness (QED) is 0.632. The van der Waals surface area contributed by atoms with Gasteiger partial charge in [0.25, 0.3) is 11.8 Å². The van der Waals surface area contributed by atoms with Gasteiger partial charge in [0.1, 0.15) is 30.1 Å². The molecule has 0 saturated carbocycles. The molecule has 1 fully saturated rings. The molecule has 2 N–H and O–H groups in total. The van der Waals surface area contributed by atoms with Crippen molar-refractivity contribution in [2.75, 3.05) is 25.5 Å². The molecule has 0 radical (unpaired) electrons. The molecule has 192 valence electrons. The smallest absolute Gasteiger partial charge is 0.257 e. The van der Waals surface area contributed by atoms with Crippen LogP contribution in [-0.4, -0.2) is 61.1 Å². The number of fused-ring (bicyclic) bond motifs is 2. The first kappa shape index (κ1) is 25.6. The van der Waals surface area contributed by atoms with Gasteiger partial charge in [0.15, 0.2) is 0 Å². The van der Waals surface area contributed by atoms with Crippen LogP contribution in [0, 0.1) is 11.6 Å². The van der Waals surface area contributed by atoms with Crippen LogP contribution in [-0.2, 0) is 9.53 Å². The summed E-state index contributed by atoms with van der Waals surface area (Å²) in [7, 11) is 1.69. The summed E-state index contributed by atoms with van der Waals surface area (Å²) in [5.41, 5.74) is 0.350. The molecule has 36 heavy (non-hydrogen) atoms. The fourth-order valence-corrected chi connectivity index (χ4v) is 4.54.